The molecule has 0 bridgehead atoms. The average molecular weight is 304 g/mol. The van der Waals surface area contributed by atoms with Crippen molar-refractivity contribution < 1.29 is 14.3 Å². The minimum atomic E-state index is -0.367. The number of nitrogens with one attached hydrogen (secondary N) is 2. The second-order valence-electron chi connectivity index (χ2n) is 5.17. The van der Waals surface area contributed by atoms with E-state index in [0.717, 1.165) is 5.56 Å². The maximum atomic E-state index is 12.1. The van der Waals surface area contributed by atoms with Crippen molar-refractivity contribution in [2.24, 2.45) is 4.99 Å². The molecule has 1 aromatic rings. The van der Waals surface area contributed by atoms with Crippen LogP contribution in [0, 0.1) is 6.92 Å². The number of nitrogens with zero attached hydrogens (tertiary/aromatic N) is 2. The summed E-state index contributed by atoms with van der Waals surface area (Å²) in [5, 5.41) is 4.09. The first-order valence-electron chi connectivity index (χ1n) is 7.02. The number of carbonyl (C=O) groups excluding carboxylic acids is 2. The molecule has 0 fully saturated rings. The van der Waals surface area contributed by atoms with Crippen LogP contribution in [-0.4, -0.2) is 44.0 Å². The predicted molar refractivity (Wildman–Crippen MR) is 83.6 cm³/mol. The highest BCUT2D eigenvalue weighted by Gasteiger charge is 2.26. The van der Waals surface area contributed by atoms with Crippen molar-refractivity contribution >= 4 is 23.3 Å². The fourth-order valence-corrected chi connectivity index (χ4v) is 2.03. The van der Waals surface area contributed by atoms with Gasteiger partial charge >= 0.3 is 0 Å². The van der Waals surface area contributed by atoms with E-state index in [0.29, 0.717) is 12.3 Å². The monoisotopic (exact) mass is 304 g/mol. The maximum Gasteiger partial charge on any atom is 0.288 e. The van der Waals surface area contributed by atoms with Crippen LogP contribution in [0.3, 0.4) is 0 Å². The van der Waals surface area contributed by atoms with E-state index in [1.54, 1.807) is 7.11 Å². The Bertz CT molecular complexity index is 583. The van der Waals surface area contributed by atoms with Crippen molar-refractivity contribution in [3.8, 4) is 0 Å². The molecule has 7 nitrogen and oxygen atoms in total. The first-order valence-corrected chi connectivity index (χ1v) is 7.02. The number of amides is 2. The molecule has 0 radical (unpaired) electrons. The van der Waals surface area contributed by atoms with Gasteiger partial charge < -0.3 is 10.1 Å². The molecule has 2 amide bonds. The zero-order valence-electron chi connectivity index (χ0n) is 12.9. The van der Waals surface area contributed by atoms with Crippen LogP contribution in [0.15, 0.2) is 29.3 Å². The lowest BCUT2D eigenvalue weighted by Crippen LogP contribution is -2.56. The lowest BCUT2D eigenvalue weighted by atomic mass is 10.2. The summed E-state index contributed by atoms with van der Waals surface area (Å²) in [6, 6.07) is 7.28. The van der Waals surface area contributed by atoms with Gasteiger partial charge in [0.1, 0.15) is 6.54 Å². The minimum absolute atomic E-state index is 0.0672. The lowest BCUT2D eigenvalue weighted by Gasteiger charge is -2.28. The Morgan fingerprint density at radius 1 is 1.45 bits per heavy atom. The van der Waals surface area contributed by atoms with E-state index in [2.05, 4.69) is 15.7 Å². The van der Waals surface area contributed by atoms with E-state index < -0.39 is 0 Å². The molecule has 0 saturated carbocycles. The third-order valence-corrected chi connectivity index (χ3v) is 3.14. The molecule has 0 spiro atoms. The van der Waals surface area contributed by atoms with E-state index >= 15 is 0 Å². The molecule has 0 aromatic heterocycles. The average Bonchev–Trinajstić information content (AvgIpc) is 2.49. The largest absolute Gasteiger partial charge is 0.383 e. The summed E-state index contributed by atoms with van der Waals surface area (Å²) >= 11 is 0. The van der Waals surface area contributed by atoms with Gasteiger partial charge in [0.15, 0.2) is 0 Å². The molecule has 7 heteroatoms. The van der Waals surface area contributed by atoms with Gasteiger partial charge in [-0.1, -0.05) is 17.7 Å². The zero-order chi connectivity index (χ0) is 16.1. The molecular weight excluding hydrogens is 284 g/mol. The molecule has 1 atom stereocenters. The van der Waals surface area contributed by atoms with Crippen LogP contribution in [0.2, 0.25) is 0 Å². The Balaban J connectivity index is 2.08. The molecular formula is C15H20N4O3. The number of hydrogen-bond donors (Lipinski definition) is 2. The van der Waals surface area contributed by atoms with E-state index in [9.17, 15) is 9.59 Å². The van der Waals surface area contributed by atoms with Gasteiger partial charge in [-0.05, 0) is 26.0 Å². The number of methoxy groups -OCH3 is 1. The molecule has 118 valence electrons. The van der Waals surface area contributed by atoms with Gasteiger partial charge in [-0.3, -0.25) is 20.0 Å². The van der Waals surface area contributed by atoms with Crippen molar-refractivity contribution in [3.05, 3.63) is 29.8 Å². The van der Waals surface area contributed by atoms with Gasteiger partial charge in [-0.25, -0.2) is 5.01 Å². The normalized spacial score (nSPS) is 15.9. The Kier molecular flexibility index (Phi) is 5.11. The summed E-state index contributed by atoms with van der Waals surface area (Å²) in [5.74, 6) is -0.470. The van der Waals surface area contributed by atoms with E-state index in [4.69, 9.17) is 4.74 Å². The molecule has 0 saturated heterocycles. The van der Waals surface area contributed by atoms with Crippen molar-refractivity contribution in [2.45, 2.75) is 19.9 Å². The quantitative estimate of drug-likeness (QED) is 0.824. The number of amidine groups is 1. The van der Waals surface area contributed by atoms with E-state index in [1.165, 1.54) is 5.01 Å². The number of aryl methyl sites for hydroxylation is 1. The Morgan fingerprint density at radius 2 is 2.14 bits per heavy atom. The maximum absolute atomic E-state index is 12.1. The van der Waals surface area contributed by atoms with E-state index in [1.807, 2.05) is 38.1 Å². The van der Waals surface area contributed by atoms with Gasteiger partial charge in [-0.2, -0.15) is 0 Å². The third kappa shape index (κ3) is 3.82. The summed E-state index contributed by atoms with van der Waals surface area (Å²) in [6.07, 6.45) is 0. The standard InChI is InChI=1S/C15H20N4O3/c1-10-4-6-12(7-5-10)19-13(20)8-16-14(18-19)15(21)17-11(2)9-22-3/h4-7,11H,8-9H2,1-3H3,(H,16,18)(H,17,21)/t11-/m1/s1. The van der Waals surface area contributed by atoms with Crippen LogP contribution >= 0.6 is 0 Å². The Morgan fingerprint density at radius 3 is 2.77 bits per heavy atom. The minimum Gasteiger partial charge on any atom is -0.383 e. The second-order valence-corrected chi connectivity index (χ2v) is 5.17. The number of anilines is 1. The van der Waals surface area contributed by atoms with Crippen LogP contribution in [0.25, 0.3) is 0 Å². The summed E-state index contributed by atoms with van der Waals surface area (Å²) < 4.78 is 4.97. The van der Waals surface area contributed by atoms with Crippen LogP contribution in [0.4, 0.5) is 5.69 Å². The fraction of sp³-hybridized carbons (Fsp3) is 0.400. The Labute approximate surface area is 129 Å². The first kappa shape index (κ1) is 16.0. The van der Waals surface area contributed by atoms with Gasteiger partial charge in [0.25, 0.3) is 11.8 Å². The third-order valence-electron chi connectivity index (χ3n) is 3.14. The molecule has 22 heavy (non-hydrogen) atoms. The molecule has 2 N–H and O–H groups in total. The smallest absolute Gasteiger partial charge is 0.288 e. The van der Waals surface area contributed by atoms with E-state index in [-0.39, 0.29) is 30.2 Å². The zero-order valence-corrected chi connectivity index (χ0v) is 12.9. The van der Waals surface area contributed by atoms with Gasteiger partial charge in [0, 0.05) is 13.2 Å². The topological polar surface area (TPSA) is 83.0 Å². The summed E-state index contributed by atoms with van der Waals surface area (Å²) in [5.41, 5.74) is 4.53. The molecule has 1 heterocycles. The van der Waals surface area contributed by atoms with Gasteiger partial charge in [0.2, 0.25) is 5.84 Å². The number of ether oxygens (including phenoxy) is 1. The number of hydrogen-bond acceptors (Lipinski definition) is 5. The molecule has 1 aliphatic rings. The fourth-order valence-electron chi connectivity index (χ4n) is 2.03. The molecule has 0 aliphatic carbocycles. The number of hydrazine groups is 1. The van der Waals surface area contributed by atoms with Crippen molar-refractivity contribution in [1.82, 2.24) is 10.7 Å². The second kappa shape index (κ2) is 7.04. The van der Waals surface area contributed by atoms with Crippen LogP contribution in [0.1, 0.15) is 12.5 Å². The van der Waals surface area contributed by atoms with Gasteiger partial charge in [-0.15, -0.1) is 0 Å². The molecule has 1 aliphatic heterocycles. The number of aliphatic imine (C=N–C) groups is 1. The SMILES string of the molecule is COC[C@@H](C)NC(=O)C1=NCC(=O)N(c2ccc(C)cc2)N1. The number of carbonyl (C=O) groups is 2. The highest BCUT2D eigenvalue weighted by atomic mass is 16.5. The van der Waals surface area contributed by atoms with Crippen molar-refractivity contribution in [3.63, 3.8) is 0 Å². The number of benzene rings is 1. The predicted octanol–water partition coefficient (Wildman–Crippen LogP) is 0.396. The molecule has 2 rings (SSSR count). The highest BCUT2D eigenvalue weighted by Crippen LogP contribution is 2.15. The number of rotatable bonds is 5. The van der Waals surface area contributed by atoms with Gasteiger partial charge in [0.05, 0.1) is 12.3 Å². The Hall–Kier alpha value is -2.41. The summed E-state index contributed by atoms with van der Waals surface area (Å²) in [4.78, 5) is 28.1. The van der Waals surface area contributed by atoms with Crippen LogP contribution in [-0.2, 0) is 14.3 Å². The highest BCUT2D eigenvalue weighted by molar-refractivity contribution is 6.39. The summed E-state index contributed by atoms with van der Waals surface area (Å²) in [6.45, 7) is 4.13. The van der Waals surface area contributed by atoms with Crippen molar-refractivity contribution in [2.75, 3.05) is 25.3 Å². The lowest BCUT2D eigenvalue weighted by molar-refractivity contribution is -0.118. The summed E-state index contributed by atoms with van der Waals surface area (Å²) in [7, 11) is 1.57. The van der Waals surface area contributed by atoms with Crippen LogP contribution < -0.4 is 15.8 Å². The van der Waals surface area contributed by atoms with Crippen LogP contribution in [0.5, 0.6) is 0 Å². The van der Waals surface area contributed by atoms with Crippen molar-refractivity contribution in [1.29, 1.82) is 0 Å². The first-order chi connectivity index (χ1) is 10.5. The molecule has 1 aromatic carbocycles. The molecule has 0 unspecified atom stereocenters.